The molecular formula is C13H16N2OS. The smallest absolute Gasteiger partial charge is 0.269 e. The molecule has 4 heteroatoms. The summed E-state index contributed by atoms with van der Waals surface area (Å²) in [7, 11) is 0. The van der Waals surface area contributed by atoms with E-state index in [9.17, 15) is 4.79 Å². The number of rotatable bonds is 2. The molecule has 0 bridgehead atoms. The fourth-order valence-electron chi connectivity index (χ4n) is 2.81. The van der Waals surface area contributed by atoms with Crippen molar-refractivity contribution < 1.29 is 0 Å². The van der Waals surface area contributed by atoms with Gasteiger partial charge in [0.25, 0.3) is 5.56 Å². The van der Waals surface area contributed by atoms with E-state index in [1.165, 1.54) is 12.8 Å². The molecule has 1 saturated carbocycles. The van der Waals surface area contributed by atoms with Crippen LogP contribution >= 0.6 is 11.5 Å². The zero-order valence-electron chi connectivity index (χ0n) is 9.69. The zero-order valence-corrected chi connectivity index (χ0v) is 10.5. The van der Waals surface area contributed by atoms with Crippen LogP contribution in [-0.2, 0) is 5.54 Å². The highest BCUT2D eigenvalue weighted by atomic mass is 32.1. The summed E-state index contributed by atoms with van der Waals surface area (Å²) in [5.74, 6) is 0. The van der Waals surface area contributed by atoms with Crippen LogP contribution in [0, 0.1) is 0 Å². The molecular weight excluding hydrogens is 232 g/mol. The number of fused-ring (bicyclic) bond motifs is 1. The summed E-state index contributed by atoms with van der Waals surface area (Å²) in [6, 6.07) is 7.82. The van der Waals surface area contributed by atoms with Crippen LogP contribution in [0.25, 0.3) is 10.1 Å². The third-order valence-corrected chi connectivity index (χ3v) is 5.12. The largest absolute Gasteiger partial charge is 0.328 e. The van der Waals surface area contributed by atoms with Gasteiger partial charge in [-0.15, -0.1) is 0 Å². The minimum atomic E-state index is -0.110. The molecule has 90 valence electrons. The van der Waals surface area contributed by atoms with Gasteiger partial charge in [0.05, 0.1) is 15.6 Å². The van der Waals surface area contributed by atoms with Gasteiger partial charge in [-0.25, -0.2) is 0 Å². The summed E-state index contributed by atoms with van der Waals surface area (Å²) in [4.78, 5) is 12.4. The second kappa shape index (κ2) is 3.96. The van der Waals surface area contributed by atoms with Crippen molar-refractivity contribution >= 4 is 21.6 Å². The third-order valence-electron chi connectivity index (χ3n) is 3.84. The zero-order chi connectivity index (χ0) is 11.9. The van der Waals surface area contributed by atoms with Gasteiger partial charge in [0.15, 0.2) is 0 Å². The molecule has 0 unspecified atom stereocenters. The predicted octanol–water partition coefficient (Wildman–Crippen LogP) is 2.29. The minimum absolute atomic E-state index is 0.110. The Bertz CT molecular complexity index is 593. The van der Waals surface area contributed by atoms with Crippen molar-refractivity contribution in [3.05, 3.63) is 34.6 Å². The Balaban J connectivity index is 2.23. The van der Waals surface area contributed by atoms with E-state index >= 15 is 0 Å². The van der Waals surface area contributed by atoms with Gasteiger partial charge < -0.3 is 5.73 Å². The van der Waals surface area contributed by atoms with Crippen molar-refractivity contribution in [3.63, 3.8) is 0 Å². The highest BCUT2D eigenvalue weighted by Gasteiger charge is 2.36. The van der Waals surface area contributed by atoms with Gasteiger partial charge in [0.2, 0.25) is 0 Å². The lowest BCUT2D eigenvalue weighted by atomic mass is 9.99. The van der Waals surface area contributed by atoms with Gasteiger partial charge in [0.1, 0.15) is 0 Å². The normalized spacial score (nSPS) is 18.9. The van der Waals surface area contributed by atoms with Gasteiger partial charge in [-0.1, -0.05) is 36.5 Å². The second-order valence-electron chi connectivity index (χ2n) is 4.82. The second-order valence-corrected chi connectivity index (χ2v) is 5.81. The molecule has 1 fully saturated rings. The van der Waals surface area contributed by atoms with E-state index in [0.29, 0.717) is 6.54 Å². The molecule has 2 N–H and O–H groups in total. The van der Waals surface area contributed by atoms with Gasteiger partial charge in [-0.2, -0.15) is 0 Å². The molecule has 1 aliphatic carbocycles. The molecule has 0 radical (unpaired) electrons. The number of hydrogen-bond donors (Lipinski definition) is 1. The average molecular weight is 248 g/mol. The van der Waals surface area contributed by atoms with E-state index in [4.69, 9.17) is 5.73 Å². The standard InChI is InChI=1S/C13H16N2OS/c14-9-13(7-3-4-8-13)15-12(16)10-5-1-2-6-11(10)17-15/h1-2,5-6H,3-4,7-9,14H2. The maximum atomic E-state index is 12.4. The summed E-state index contributed by atoms with van der Waals surface area (Å²) >= 11 is 1.57. The van der Waals surface area contributed by atoms with Gasteiger partial charge in [-0.05, 0) is 25.0 Å². The van der Waals surface area contributed by atoms with Crippen LogP contribution in [0.1, 0.15) is 25.7 Å². The molecule has 0 aliphatic heterocycles. The summed E-state index contributed by atoms with van der Waals surface area (Å²) in [5.41, 5.74) is 5.97. The Morgan fingerprint density at radius 1 is 1.29 bits per heavy atom. The van der Waals surface area contributed by atoms with E-state index in [1.54, 1.807) is 11.5 Å². The van der Waals surface area contributed by atoms with Crippen LogP contribution in [0.4, 0.5) is 0 Å². The minimum Gasteiger partial charge on any atom is -0.328 e. The lowest BCUT2D eigenvalue weighted by Crippen LogP contribution is -2.42. The number of nitrogens with zero attached hydrogens (tertiary/aromatic N) is 1. The molecule has 0 saturated heterocycles. The summed E-state index contributed by atoms with van der Waals surface area (Å²) in [5, 5.41) is 0.831. The van der Waals surface area contributed by atoms with Crippen LogP contribution in [-0.4, -0.2) is 10.5 Å². The number of hydrogen-bond acceptors (Lipinski definition) is 3. The fourth-order valence-corrected chi connectivity index (χ4v) is 4.03. The molecule has 0 spiro atoms. The van der Waals surface area contributed by atoms with Crippen molar-refractivity contribution in [2.24, 2.45) is 5.73 Å². The average Bonchev–Trinajstić information content (AvgIpc) is 2.96. The van der Waals surface area contributed by atoms with Crippen LogP contribution in [0.2, 0.25) is 0 Å². The third kappa shape index (κ3) is 1.55. The van der Waals surface area contributed by atoms with Crippen molar-refractivity contribution in [3.8, 4) is 0 Å². The topological polar surface area (TPSA) is 48.0 Å². The van der Waals surface area contributed by atoms with Crippen LogP contribution in [0.5, 0.6) is 0 Å². The van der Waals surface area contributed by atoms with E-state index in [0.717, 1.165) is 22.9 Å². The molecule has 0 amide bonds. The Kier molecular flexibility index (Phi) is 2.56. The highest BCUT2D eigenvalue weighted by Crippen LogP contribution is 2.37. The number of benzene rings is 1. The molecule has 1 aromatic heterocycles. The fraction of sp³-hybridized carbons (Fsp3) is 0.462. The molecule has 3 nitrogen and oxygen atoms in total. The van der Waals surface area contributed by atoms with Gasteiger partial charge in [0, 0.05) is 6.54 Å². The lowest BCUT2D eigenvalue weighted by Gasteiger charge is -2.27. The quantitative estimate of drug-likeness (QED) is 0.886. The Morgan fingerprint density at radius 2 is 2.00 bits per heavy atom. The SMILES string of the molecule is NCC1(n2sc3ccccc3c2=O)CCCC1. The van der Waals surface area contributed by atoms with Crippen molar-refractivity contribution in [2.45, 2.75) is 31.2 Å². The summed E-state index contributed by atoms with van der Waals surface area (Å²) < 4.78 is 3.00. The molecule has 2 aromatic rings. The van der Waals surface area contributed by atoms with Crippen LogP contribution in [0.15, 0.2) is 29.1 Å². The molecule has 17 heavy (non-hydrogen) atoms. The first-order valence-corrected chi connectivity index (χ1v) is 6.86. The van der Waals surface area contributed by atoms with E-state index in [1.807, 2.05) is 28.2 Å². The summed E-state index contributed by atoms with van der Waals surface area (Å²) in [6.45, 7) is 0.569. The number of aromatic nitrogens is 1. The maximum absolute atomic E-state index is 12.4. The van der Waals surface area contributed by atoms with Crippen LogP contribution < -0.4 is 11.3 Å². The van der Waals surface area contributed by atoms with Crippen LogP contribution in [0.3, 0.4) is 0 Å². The molecule has 1 aromatic carbocycles. The first-order chi connectivity index (χ1) is 8.27. The first-order valence-electron chi connectivity index (χ1n) is 6.08. The van der Waals surface area contributed by atoms with E-state index in [-0.39, 0.29) is 11.1 Å². The Hall–Kier alpha value is -1.13. The maximum Gasteiger partial charge on any atom is 0.269 e. The predicted molar refractivity (Wildman–Crippen MR) is 71.6 cm³/mol. The lowest BCUT2D eigenvalue weighted by molar-refractivity contribution is 0.321. The highest BCUT2D eigenvalue weighted by molar-refractivity contribution is 7.13. The molecule has 1 heterocycles. The van der Waals surface area contributed by atoms with E-state index < -0.39 is 0 Å². The van der Waals surface area contributed by atoms with E-state index in [2.05, 4.69) is 0 Å². The first kappa shape index (κ1) is 11.0. The van der Waals surface area contributed by atoms with Crippen molar-refractivity contribution in [2.75, 3.05) is 6.54 Å². The van der Waals surface area contributed by atoms with Gasteiger partial charge in [-0.3, -0.25) is 8.75 Å². The molecule has 0 atom stereocenters. The number of nitrogens with two attached hydrogens (primary N) is 1. The Morgan fingerprint density at radius 3 is 2.65 bits per heavy atom. The summed E-state index contributed by atoms with van der Waals surface area (Å²) in [6.07, 6.45) is 4.43. The molecule has 1 aliphatic rings. The molecule has 3 rings (SSSR count). The van der Waals surface area contributed by atoms with Crippen molar-refractivity contribution in [1.29, 1.82) is 0 Å². The Labute approximate surface area is 104 Å². The monoisotopic (exact) mass is 248 g/mol. The van der Waals surface area contributed by atoms with Crippen molar-refractivity contribution in [1.82, 2.24) is 3.96 Å². The van der Waals surface area contributed by atoms with Gasteiger partial charge >= 0.3 is 0 Å².